The highest BCUT2D eigenvalue weighted by Crippen LogP contribution is 2.40. The molecule has 25 heavy (non-hydrogen) atoms. The van der Waals surface area contributed by atoms with Crippen LogP contribution in [0.3, 0.4) is 0 Å². The lowest BCUT2D eigenvalue weighted by molar-refractivity contribution is 0.170. The maximum atomic E-state index is 14.5. The molecule has 4 heteroatoms. The lowest BCUT2D eigenvalue weighted by atomic mass is 9.77. The largest absolute Gasteiger partial charge is 0.490 e. The lowest BCUT2D eigenvalue weighted by Crippen LogP contribution is -2.16. The van der Waals surface area contributed by atoms with Gasteiger partial charge >= 0.3 is 0 Å². The van der Waals surface area contributed by atoms with Crippen molar-refractivity contribution in [3.05, 3.63) is 29.3 Å². The number of unbranched alkanes of at least 4 members (excludes halogenated alkanes) is 2. The third kappa shape index (κ3) is 5.67. The number of halogens is 2. The zero-order chi connectivity index (χ0) is 18.2. The highest BCUT2D eigenvalue weighted by molar-refractivity contribution is 5.33. The zero-order valence-electron chi connectivity index (χ0n) is 15.6. The number of ether oxygens (including phenoxy) is 1. The van der Waals surface area contributed by atoms with Gasteiger partial charge in [0.1, 0.15) is 0 Å². The first-order valence-electron chi connectivity index (χ1n) is 9.78. The van der Waals surface area contributed by atoms with Gasteiger partial charge in [-0.15, -0.1) is 0 Å². The van der Waals surface area contributed by atoms with E-state index in [1.165, 1.54) is 31.7 Å². The summed E-state index contributed by atoms with van der Waals surface area (Å²) in [7, 11) is 0. The Morgan fingerprint density at radius 1 is 1.12 bits per heavy atom. The molecule has 0 heterocycles. The van der Waals surface area contributed by atoms with E-state index in [1.807, 2.05) is 0 Å². The molecule has 0 aliphatic heterocycles. The molecule has 1 aliphatic carbocycles. The average Bonchev–Trinajstić information content (AvgIpc) is 2.63. The minimum Gasteiger partial charge on any atom is -0.490 e. The highest BCUT2D eigenvalue weighted by Gasteiger charge is 2.26. The van der Waals surface area contributed by atoms with Crippen LogP contribution < -0.4 is 4.74 Å². The van der Waals surface area contributed by atoms with Gasteiger partial charge in [-0.25, -0.2) is 4.39 Å². The third-order valence-corrected chi connectivity index (χ3v) is 5.41. The fourth-order valence-electron chi connectivity index (χ4n) is 3.70. The predicted molar refractivity (Wildman–Crippen MR) is 96.9 cm³/mol. The number of hydrogen-bond acceptors (Lipinski definition) is 2. The number of hydrogen-bond donors (Lipinski definition) is 1. The summed E-state index contributed by atoms with van der Waals surface area (Å²) in [6.07, 6.45) is 9.19. The van der Waals surface area contributed by atoms with E-state index >= 15 is 0 Å². The fourth-order valence-corrected chi connectivity index (χ4v) is 3.70. The number of aliphatic hydroxyl groups excluding tert-OH is 1. The second-order valence-corrected chi connectivity index (χ2v) is 7.59. The molecular formula is C21H32F2O2. The number of aliphatic hydroxyl groups is 1. The van der Waals surface area contributed by atoms with Gasteiger partial charge in [-0.05, 0) is 49.1 Å². The lowest BCUT2D eigenvalue weighted by Gasteiger charge is -2.29. The molecule has 1 aromatic carbocycles. The van der Waals surface area contributed by atoms with Gasteiger partial charge in [0.15, 0.2) is 11.6 Å². The second kappa shape index (κ2) is 10.1. The van der Waals surface area contributed by atoms with Gasteiger partial charge in [-0.1, -0.05) is 45.6 Å². The summed E-state index contributed by atoms with van der Waals surface area (Å²) in [4.78, 5) is 0. The number of benzene rings is 1. The molecule has 0 saturated heterocycles. The quantitative estimate of drug-likeness (QED) is 0.566. The van der Waals surface area contributed by atoms with Crippen LogP contribution in [0.2, 0.25) is 0 Å². The Morgan fingerprint density at radius 2 is 1.84 bits per heavy atom. The maximum Gasteiger partial charge on any atom is 0.200 e. The van der Waals surface area contributed by atoms with Crippen LogP contribution in [-0.4, -0.2) is 18.3 Å². The Balaban J connectivity index is 1.93. The first-order valence-corrected chi connectivity index (χ1v) is 9.78. The molecule has 142 valence electrons. The van der Waals surface area contributed by atoms with Crippen LogP contribution in [0.4, 0.5) is 8.78 Å². The molecule has 0 aromatic heterocycles. The smallest absolute Gasteiger partial charge is 0.200 e. The molecule has 2 rings (SSSR count). The Kier molecular flexibility index (Phi) is 8.14. The van der Waals surface area contributed by atoms with Crippen molar-refractivity contribution in [2.45, 2.75) is 71.1 Å². The van der Waals surface area contributed by atoms with Gasteiger partial charge in [0.05, 0.1) is 6.61 Å². The van der Waals surface area contributed by atoms with E-state index in [4.69, 9.17) is 9.84 Å². The molecule has 1 aromatic rings. The normalized spacial score (nSPS) is 22.0. The standard InChI is InChI=1S/C21H32F2O2/c1-3-4-5-6-16-7-9-17(10-8-16)18-11-12-19(21(23)20(18)22)25-14-15(2)13-24/h11-12,15-17,24H,3-10,13-14H2,1-2H3/t15-,16?,17?/m0/s1. The molecule has 0 amide bonds. The molecular weight excluding hydrogens is 322 g/mol. The van der Waals surface area contributed by atoms with Crippen LogP contribution in [0, 0.1) is 23.5 Å². The van der Waals surface area contributed by atoms with Crippen LogP contribution in [0.25, 0.3) is 0 Å². The highest BCUT2D eigenvalue weighted by atomic mass is 19.2. The molecule has 0 unspecified atom stereocenters. The van der Waals surface area contributed by atoms with Crippen LogP contribution in [0.5, 0.6) is 5.75 Å². The van der Waals surface area contributed by atoms with E-state index in [9.17, 15) is 8.78 Å². The minimum atomic E-state index is -0.896. The Labute approximate surface area is 150 Å². The third-order valence-electron chi connectivity index (χ3n) is 5.41. The van der Waals surface area contributed by atoms with Crippen LogP contribution >= 0.6 is 0 Å². The molecule has 1 atom stereocenters. The van der Waals surface area contributed by atoms with Crippen LogP contribution in [-0.2, 0) is 0 Å². The van der Waals surface area contributed by atoms with Crippen molar-refractivity contribution in [1.29, 1.82) is 0 Å². The molecule has 0 radical (unpaired) electrons. The average molecular weight is 354 g/mol. The SMILES string of the molecule is CCCCCC1CCC(c2ccc(OC[C@@H](C)CO)c(F)c2F)CC1. The van der Waals surface area contributed by atoms with Crippen molar-refractivity contribution in [2.75, 3.05) is 13.2 Å². The van der Waals surface area contributed by atoms with Gasteiger partial charge in [-0.2, -0.15) is 4.39 Å². The maximum absolute atomic E-state index is 14.5. The molecule has 1 saturated carbocycles. The summed E-state index contributed by atoms with van der Waals surface area (Å²) in [5.74, 6) is -0.961. The van der Waals surface area contributed by atoms with Crippen molar-refractivity contribution in [3.8, 4) is 5.75 Å². The van der Waals surface area contributed by atoms with Gasteiger partial charge < -0.3 is 9.84 Å². The molecule has 1 fully saturated rings. The van der Waals surface area contributed by atoms with E-state index in [1.54, 1.807) is 13.0 Å². The first kappa shape index (κ1) is 20.2. The Morgan fingerprint density at radius 3 is 2.48 bits per heavy atom. The summed E-state index contributed by atoms with van der Waals surface area (Å²) in [6, 6.07) is 3.21. The first-order chi connectivity index (χ1) is 12.1. The van der Waals surface area contributed by atoms with Crippen LogP contribution in [0.15, 0.2) is 12.1 Å². The topological polar surface area (TPSA) is 29.5 Å². The summed E-state index contributed by atoms with van der Waals surface area (Å²) >= 11 is 0. The summed E-state index contributed by atoms with van der Waals surface area (Å²) in [6.45, 7) is 4.15. The monoisotopic (exact) mass is 354 g/mol. The van der Waals surface area contributed by atoms with E-state index in [2.05, 4.69) is 6.92 Å². The molecule has 2 nitrogen and oxygen atoms in total. The summed E-state index contributed by atoms with van der Waals surface area (Å²) in [5, 5.41) is 8.99. The predicted octanol–water partition coefficient (Wildman–Crippen LogP) is 5.83. The number of rotatable bonds is 9. The minimum absolute atomic E-state index is 0.0380. The Hall–Kier alpha value is -1.16. The van der Waals surface area contributed by atoms with E-state index in [-0.39, 0.29) is 30.8 Å². The van der Waals surface area contributed by atoms with Gasteiger partial charge in [-0.3, -0.25) is 0 Å². The van der Waals surface area contributed by atoms with Crippen LogP contribution in [0.1, 0.15) is 76.7 Å². The second-order valence-electron chi connectivity index (χ2n) is 7.59. The van der Waals surface area contributed by atoms with Crippen molar-refractivity contribution in [1.82, 2.24) is 0 Å². The molecule has 0 bridgehead atoms. The molecule has 1 N–H and O–H groups in total. The van der Waals surface area contributed by atoms with Crippen molar-refractivity contribution < 1.29 is 18.6 Å². The van der Waals surface area contributed by atoms with E-state index in [0.717, 1.165) is 31.6 Å². The molecule has 0 spiro atoms. The van der Waals surface area contributed by atoms with Gasteiger partial charge in [0.2, 0.25) is 5.82 Å². The fraction of sp³-hybridized carbons (Fsp3) is 0.714. The van der Waals surface area contributed by atoms with E-state index < -0.39 is 11.6 Å². The van der Waals surface area contributed by atoms with Gasteiger partial charge in [0.25, 0.3) is 0 Å². The summed E-state index contributed by atoms with van der Waals surface area (Å²) < 4.78 is 34.1. The van der Waals surface area contributed by atoms with Gasteiger partial charge in [0, 0.05) is 12.5 Å². The molecule has 1 aliphatic rings. The van der Waals surface area contributed by atoms with Crippen molar-refractivity contribution in [2.24, 2.45) is 11.8 Å². The zero-order valence-corrected chi connectivity index (χ0v) is 15.6. The Bertz CT molecular complexity index is 525. The van der Waals surface area contributed by atoms with Crippen molar-refractivity contribution in [3.63, 3.8) is 0 Å². The summed E-state index contributed by atoms with van der Waals surface area (Å²) in [5.41, 5.74) is 0.493. The van der Waals surface area contributed by atoms with Crippen molar-refractivity contribution >= 4 is 0 Å². The van der Waals surface area contributed by atoms with E-state index in [0.29, 0.717) is 5.56 Å².